The van der Waals surface area contributed by atoms with Crippen LogP contribution < -0.4 is 5.32 Å². The maximum absolute atomic E-state index is 13.4. The SMILES string of the molecule is O=C(O)CC(NC(=O)c1nc(-c2ccccc2)cs1)c1cccc(F)c1. The Balaban J connectivity index is 1.80. The summed E-state index contributed by atoms with van der Waals surface area (Å²) in [5.41, 5.74) is 1.94. The lowest BCUT2D eigenvalue weighted by atomic mass is 10.0. The minimum absolute atomic E-state index is 0.218. The molecule has 5 nitrogen and oxygen atoms in total. The smallest absolute Gasteiger partial charge is 0.305 e. The molecule has 0 saturated heterocycles. The van der Waals surface area contributed by atoms with Crippen LogP contribution in [0.1, 0.15) is 27.8 Å². The summed E-state index contributed by atoms with van der Waals surface area (Å²) in [6.45, 7) is 0. The van der Waals surface area contributed by atoms with E-state index >= 15 is 0 Å². The summed E-state index contributed by atoms with van der Waals surface area (Å²) in [7, 11) is 0. The van der Waals surface area contributed by atoms with E-state index in [0.29, 0.717) is 11.3 Å². The number of carbonyl (C=O) groups is 2. The van der Waals surface area contributed by atoms with Gasteiger partial charge in [0.05, 0.1) is 18.2 Å². The number of hydrogen-bond donors (Lipinski definition) is 2. The van der Waals surface area contributed by atoms with Gasteiger partial charge in [-0.1, -0.05) is 42.5 Å². The van der Waals surface area contributed by atoms with Crippen LogP contribution in [0.15, 0.2) is 60.0 Å². The van der Waals surface area contributed by atoms with E-state index in [1.807, 2.05) is 30.3 Å². The van der Waals surface area contributed by atoms with Gasteiger partial charge in [-0.05, 0) is 17.7 Å². The van der Waals surface area contributed by atoms with Crippen molar-refractivity contribution in [3.63, 3.8) is 0 Å². The van der Waals surface area contributed by atoms with Crippen molar-refractivity contribution in [3.8, 4) is 11.3 Å². The number of benzene rings is 2. The van der Waals surface area contributed by atoms with Crippen LogP contribution in [-0.2, 0) is 4.79 Å². The number of rotatable bonds is 6. The normalized spacial score (nSPS) is 11.7. The number of hydrogen-bond acceptors (Lipinski definition) is 4. The van der Waals surface area contributed by atoms with Gasteiger partial charge in [-0.3, -0.25) is 9.59 Å². The van der Waals surface area contributed by atoms with Crippen molar-refractivity contribution in [1.29, 1.82) is 0 Å². The molecule has 2 N–H and O–H groups in total. The molecule has 1 amide bonds. The molecule has 3 aromatic rings. The Kier molecular flexibility index (Phi) is 5.38. The first-order valence-electron chi connectivity index (χ1n) is 7.82. The summed E-state index contributed by atoms with van der Waals surface area (Å²) in [5, 5.41) is 13.7. The zero-order valence-electron chi connectivity index (χ0n) is 13.6. The summed E-state index contributed by atoms with van der Waals surface area (Å²) in [4.78, 5) is 27.9. The van der Waals surface area contributed by atoms with Crippen molar-refractivity contribution in [3.05, 3.63) is 76.4 Å². The fourth-order valence-electron chi connectivity index (χ4n) is 2.49. The van der Waals surface area contributed by atoms with Gasteiger partial charge in [0.2, 0.25) is 0 Å². The fourth-order valence-corrected chi connectivity index (χ4v) is 3.22. The molecule has 0 aliphatic heterocycles. The number of thiazole rings is 1. The summed E-state index contributed by atoms with van der Waals surface area (Å²) in [5.74, 6) is -2.08. The van der Waals surface area contributed by atoms with Gasteiger partial charge in [0, 0.05) is 10.9 Å². The highest BCUT2D eigenvalue weighted by Crippen LogP contribution is 2.23. The van der Waals surface area contributed by atoms with E-state index in [0.717, 1.165) is 5.56 Å². The second-order valence-electron chi connectivity index (χ2n) is 5.58. The van der Waals surface area contributed by atoms with E-state index < -0.39 is 23.7 Å². The van der Waals surface area contributed by atoms with Gasteiger partial charge in [0.15, 0.2) is 5.01 Å². The predicted molar refractivity (Wildman–Crippen MR) is 96.4 cm³/mol. The average Bonchev–Trinajstić information content (AvgIpc) is 3.12. The van der Waals surface area contributed by atoms with Gasteiger partial charge < -0.3 is 10.4 Å². The molecule has 0 aliphatic carbocycles. The topological polar surface area (TPSA) is 79.3 Å². The van der Waals surface area contributed by atoms with Gasteiger partial charge in [-0.2, -0.15) is 0 Å². The Morgan fingerprint density at radius 3 is 2.62 bits per heavy atom. The van der Waals surface area contributed by atoms with Crippen LogP contribution in [0.25, 0.3) is 11.3 Å². The number of nitrogens with zero attached hydrogens (tertiary/aromatic N) is 1. The number of aliphatic carboxylic acids is 1. The van der Waals surface area contributed by atoms with Crippen LogP contribution in [0.5, 0.6) is 0 Å². The van der Waals surface area contributed by atoms with Crippen LogP contribution in [0, 0.1) is 5.82 Å². The Labute approximate surface area is 153 Å². The Hall–Kier alpha value is -3.06. The Morgan fingerprint density at radius 1 is 1.15 bits per heavy atom. The molecule has 3 rings (SSSR count). The zero-order chi connectivity index (χ0) is 18.5. The summed E-state index contributed by atoms with van der Waals surface area (Å²) < 4.78 is 13.4. The third-order valence-electron chi connectivity index (χ3n) is 3.70. The largest absolute Gasteiger partial charge is 0.481 e. The lowest BCUT2D eigenvalue weighted by Crippen LogP contribution is -2.30. The van der Waals surface area contributed by atoms with Crippen molar-refractivity contribution in [1.82, 2.24) is 10.3 Å². The third-order valence-corrected chi connectivity index (χ3v) is 4.54. The first-order valence-corrected chi connectivity index (χ1v) is 8.70. The van der Waals surface area contributed by atoms with Crippen LogP contribution >= 0.6 is 11.3 Å². The van der Waals surface area contributed by atoms with Crippen LogP contribution in [0.4, 0.5) is 4.39 Å². The second-order valence-corrected chi connectivity index (χ2v) is 6.44. The molecule has 7 heteroatoms. The number of carbonyl (C=O) groups excluding carboxylic acids is 1. The standard InChI is InChI=1S/C19H15FN2O3S/c20-14-8-4-7-13(9-14)15(10-17(23)24)21-18(25)19-22-16(11-26-19)12-5-2-1-3-6-12/h1-9,11,15H,10H2,(H,21,25)(H,23,24). The fraction of sp³-hybridized carbons (Fsp3) is 0.105. The lowest BCUT2D eigenvalue weighted by molar-refractivity contribution is -0.137. The summed E-state index contributed by atoms with van der Waals surface area (Å²) >= 11 is 1.17. The molecule has 0 spiro atoms. The minimum Gasteiger partial charge on any atom is -0.481 e. The predicted octanol–water partition coefficient (Wildman–Crippen LogP) is 3.90. The second kappa shape index (κ2) is 7.88. The molecule has 26 heavy (non-hydrogen) atoms. The molecule has 1 unspecified atom stereocenters. The Bertz CT molecular complexity index is 927. The number of halogens is 1. The molecule has 0 saturated carbocycles. The van der Waals surface area contributed by atoms with Crippen LogP contribution in [0.2, 0.25) is 0 Å². The van der Waals surface area contributed by atoms with Crippen molar-refractivity contribution < 1.29 is 19.1 Å². The molecule has 1 heterocycles. The molecule has 1 atom stereocenters. The van der Waals surface area contributed by atoms with Crippen LogP contribution in [-0.4, -0.2) is 22.0 Å². The summed E-state index contributed by atoms with van der Waals surface area (Å²) in [6, 6.07) is 14.1. The van der Waals surface area contributed by atoms with Gasteiger partial charge in [-0.25, -0.2) is 9.37 Å². The molecule has 1 aromatic heterocycles. The molecular formula is C19H15FN2O3S. The van der Waals surface area contributed by atoms with E-state index in [2.05, 4.69) is 10.3 Å². The van der Waals surface area contributed by atoms with E-state index in [4.69, 9.17) is 5.11 Å². The molecule has 0 aliphatic rings. The van der Waals surface area contributed by atoms with Crippen LogP contribution in [0.3, 0.4) is 0 Å². The maximum atomic E-state index is 13.4. The van der Waals surface area contributed by atoms with E-state index in [-0.39, 0.29) is 11.4 Å². The maximum Gasteiger partial charge on any atom is 0.305 e. The minimum atomic E-state index is -1.09. The first kappa shape index (κ1) is 17.8. The van der Waals surface area contributed by atoms with Gasteiger partial charge in [0.25, 0.3) is 5.91 Å². The number of nitrogens with one attached hydrogen (secondary N) is 1. The zero-order valence-corrected chi connectivity index (χ0v) is 14.4. The number of aromatic nitrogens is 1. The highest BCUT2D eigenvalue weighted by molar-refractivity contribution is 7.12. The molecule has 0 fully saturated rings. The number of amides is 1. The highest BCUT2D eigenvalue weighted by Gasteiger charge is 2.21. The van der Waals surface area contributed by atoms with Gasteiger partial charge in [-0.15, -0.1) is 11.3 Å². The average molecular weight is 370 g/mol. The van der Waals surface area contributed by atoms with Crippen molar-refractivity contribution in [2.75, 3.05) is 0 Å². The summed E-state index contributed by atoms with van der Waals surface area (Å²) in [6.07, 6.45) is -0.355. The third kappa shape index (κ3) is 4.31. The van der Waals surface area contributed by atoms with E-state index in [9.17, 15) is 14.0 Å². The van der Waals surface area contributed by atoms with E-state index in [1.54, 1.807) is 11.4 Å². The highest BCUT2D eigenvalue weighted by atomic mass is 32.1. The van der Waals surface area contributed by atoms with E-state index in [1.165, 1.54) is 29.5 Å². The monoisotopic (exact) mass is 370 g/mol. The molecular weight excluding hydrogens is 355 g/mol. The quantitative estimate of drug-likeness (QED) is 0.690. The Morgan fingerprint density at radius 2 is 1.92 bits per heavy atom. The molecule has 0 radical (unpaired) electrons. The molecule has 0 bridgehead atoms. The first-order chi connectivity index (χ1) is 12.5. The lowest BCUT2D eigenvalue weighted by Gasteiger charge is -2.16. The van der Waals surface area contributed by atoms with Crippen molar-refractivity contribution in [2.24, 2.45) is 0 Å². The molecule has 2 aromatic carbocycles. The number of carboxylic acids is 1. The van der Waals surface area contributed by atoms with Crippen molar-refractivity contribution >= 4 is 23.2 Å². The van der Waals surface area contributed by atoms with Gasteiger partial charge >= 0.3 is 5.97 Å². The molecule has 132 valence electrons. The van der Waals surface area contributed by atoms with Gasteiger partial charge in [0.1, 0.15) is 5.82 Å². The van der Waals surface area contributed by atoms with Crippen molar-refractivity contribution in [2.45, 2.75) is 12.5 Å². The number of carboxylic acid groups (broad SMARTS) is 1.